The van der Waals surface area contributed by atoms with E-state index in [0.29, 0.717) is 10.6 Å². The number of hydrogen-bond donors (Lipinski definition) is 2. The molecule has 0 bridgehead atoms. The van der Waals surface area contributed by atoms with Crippen molar-refractivity contribution in [2.24, 2.45) is 5.41 Å². The van der Waals surface area contributed by atoms with Crippen LogP contribution in [0.15, 0.2) is 24.3 Å². The molecule has 2 N–H and O–H groups in total. The third kappa shape index (κ3) is 3.69. The van der Waals surface area contributed by atoms with Crippen molar-refractivity contribution in [2.75, 3.05) is 6.54 Å². The van der Waals surface area contributed by atoms with Crippen LogP contribution >= 0.6 is 11.6 Å². The first-order valence-corrected chi connectivity index (χ1v) is 6.25. The van der Waals surface area contributed by atoms with Crippen LogP contribution in [0.3, 0.4) is 0 Å². The monoisotopic (exact) mass is 280 g/mol. The summed E-state index contributed by atoms with van der Waals surface area (Å²) in [6.07, 6.45) is 0. The molecule has 0 saturated heterocycles. The number of amides is 1. The molecule has 0 aliphatic heterocycles. The lowest BCUT2D eigenvalue weighted by Gasteiger charge is -2.26. The van der Waals surface area contributed by atoms with Crippen molar-refractivity contribution in [3.05, 3.63) is 34.9 Å². The lowest BCUT2D eigenvalue weighted by molar-refractivity contribution is -0.128. The normalized spacial score (nSPS) is 14.3. The Morgan fingerprint density at radius 1 is 1.42 bits per heavy atom. The Bertz CT molecular complexity index is 518. The summed E-state index contributed by atoms with van der Waals surface area (Å²) in [4.78, 5) is 11.8. The molecule has 102 valence electrons. The van der Waals surface area contributed by atoms with Crippen LogP contribution in [-0.4, -0.2) is 17.6 Å². The minimum absolute atomic E-state index is 0.0132. The van der Waals surface area contributed by atoms with Gasteiger partial charge < -0.3 is 10.4 Å². The second-order valence-electron chi connectivity index (χ2n) is 5.17. The summed E-state index contributed by atoms with van der Waals surface area (Å²) in [5.41, 5.74) is -1.89. The predicted octanol–water partition coefficient (Wildman–Crippen LogP) is 2.21. The van der Waals surface area contributed by atoms with Crippen molar-refractivity contribution in [1.29, 1.82) is 5.26 Å². The molecular formula is C14H17ClN2O2. The quantitative estimate of drug-likeness (QED) is 0.888. The van der Waals surface area contributed by atoms with Crippen molar-refractivity contribution < 1.29 is 9.90 Å². The number of nitrogens with one attached hydrogen (secondary N) is 1. The van der Waals surface area contributed by atoms with Crippen LogP contribution in [0.1, 0.15) is 26.3 Å². The van der Waals surface area contributed by atoms with E-state index >= 15 is 0 Å². The van der Waals surface area contributed by atoms with Crippen LogP contribution in [0, 0.1) is 16.7 Å². The molecule has 1 aromatic carbocycles. The molecule has 0 radical (unpaired) electrons. The third-order valence-electron chi connectivity index (χ3n) is 2.89. The Balaban J connectivity index is 2.80. The maximum atomic E-state index is 11.8. The predicted molar refractivity (Wildman–Crippen MR) is 73.4 cm³/mol. The zero-order valence-corrected chi connectivity index (χ0v) is 12.0. The number of aliphatic hydroxyl groups is 1. The standard InChI is InChI=1S/C14H17ClN2O2/c1-13(2,8-16)12(18)17-9-14(3,19)10-6-4-5-7-11(10)15/h4-7,19H,9H2,1-3H3,(H,17,18)/t14-/m0/s1. The molecule has 5 heteroatoms. The number of halogens is 1. The topological polar surface area (TPSA) is 73.1 Å². The van der Waals surface area contributed by atoms with Gasteiger partial charge in [-0.15, -0.1) is 0 Å². The third-order valence-corrected chi connectivity index (χ3v) is 3.22. The summed E-state index contributed by atoms with van der Waals surface area (Å²) >= 11 is 6.02. The first-order valence-electron chi connectivity index (χ1n) is 5.87. The Morgan fingerprint density at radius 3 is 2.53 bits per heavy atom. The van der Waals surface area contributed by atoms with E-state index in [1.807, 2.05) is 6.07 Å². The van der Waals surface area contributed by atoms with E-state index < -0.39 is 16.9 Å². The molecule has 0 saturated carbocycles. The number of carbonyl (C=O) groups is 1. The van der Waals surface area contributed by atoms with Crippen LogP contribution in [0.25, 0.3) is 0 Å². The molecule has 1 atom stereocenters. The van der Waals surface area contributed by atoms with Gasteiger partial charge in [0.05, 0.1) is 12.6 Å². The highest BCUT2D eigenvalue weighted by Crippen LogP contribution is 2.27. The summed E-state index contributed by atoms with van der Waals surface area (Å²) in [6, 6.07) is 8.80. The highest BCUT2D eigenvalue weighted by Gasteiger charge is 2.31. The van der Waals surface area contributed by atoms with Crippen molar-refractivity contribution in [3.8, 4) is 6.07 Å². The second kappa shape index (κ2) is 5.60. The van der Waals surface area contributed by atoms with E-state index in [4.69, 9.17) is 16.9 Å². The molecule has 0 heterocycles. The summed E-state index contributed by atoms with van der Waals surface area (Å²) in [6.45, 7) is 4.59. The van der Waals surface area contributed by atoms with Gasteiger partial charge >= 0.3 is 0 Å². The average Bonchev–Trinajstić information content (AvgIpc) is 2.36. The Hall–Kier alpha value is -1.57. The maximum Gasteiger partial charge on any atom is 0.240 e. The number of rotatable bonds is 4. The van der Waals surface area contributed by atoms with Gasteiger partial charge in [0, 0.05) is 10.6 Å². The average molecular weight is 281 g/mol. The van der Waals surface area contributed by atoms with Crippen LogP contribution in [0.4, 0.5) is 0 Å². The smallest absolute Gasteiger partial charge is 0.240 e. The molecule has 0 fully saturated rings. The zero-order valence-electron chi connectivity index (χ0n) is 11.2. The van der Waals surface area contributed by atoms with Crippen molar-refractivity contribution in [2.45, 2.75) is 26.4 Å². The van der Waals surface area contributed by atoms with E-state index in [1.54, 1.807) is 31.2 Å². The van der Waals surface area contributed by atoms with Gasteiger partial charge in [-0.1, -0.05) is 29.8 Å². The molecule has 0 unspecified atom stereocenters. The number of carbonyl (C=O) groups excluding carboxylic acids is 1. The van der Waals surface area contributed by atoms with Crippen LogP contribution in [-0.2, 0) is 10.4 Å². The van der Waals surface area contributed by atoms with Crippen molar-refractivity contribution in [3.63, 3.8) is 0 Å². The summed E-state index contributed by atoms with van der Waals surface area (Å²) < 4.78 is 0. The van der Waals surface area contributed by atoms with Gasteiger partial charge in [-0.05, 0) is 26.8 Å². The van der Waals surface area contributed by atoms with Crippen molar-refractivity contribution >= 4 is 17.5 Å². The van der Waals surface area contributed by atoms with Crippen molar-refractivity contribution in [1.82, 2.24) is 5.32 Å². The van der Waals surface area contributed by atoms with Gasteiger partial charge in [0.2, 0.25) is 5.91 Å². The minimum Gasteiger partial charge on any atom is -0.384 e. The molecular weight excluding hydrogens is 264 g/mol. The molecule has 1 aromatic rings. The van der Waals surface area contributed by atoms with Gasteiger partial charge in [0.25, 0.3) is 0 Å². The van der Waals surface area contributed by atoms with Gasteiger partial charge in [0.15, 0.2) is 0 Å². The maximum absolute atomic E-state index is 11.8. The highest BCUT2D eigenvalue weighted by atomic mass is 35.5. The fraction of sp³-hybridized carbons (Fsp3) is 0.429. The molecule has 1 amide bonds. The van der Waals surface area contributed by atoms with Crippen LogP contribution < -0.4 is 5.32 Å². The molecule has 0 aromatic heterocycles. The first kappa shape index (κ1) is 15.5. The minimum atomic E-state index is -1.29. The number of hydrogen-bond acceptors (Lipinski definition) is 3. The Labute approximate surface area is 118 Å². The van der Waals surface area contributed by atoms with E-state index in [9.17, 15) is 9.90 Å². The van der Waals surface area contributed by atoms with Gasteiger partial charge in [-0.25, -0.2) is 0 Å². The molecule has 1 rings (SSSR count). The fourth-order valence-electron chi connectivity index (χ4n) is 1.52. The largest absolute Gasteiger partial charge is 0.384 e. The first-order chi connectivity index (χ1) is 8.70. The van der Waals surface area contributed by atoms with Gasteiger partial charge in [0.1, 0.15) is 11.0 Å². The SMILES string of the molecule is CC(C)(C#N)C(=O)NC[C@](C)(O)c1ccccc1Cl. The number of nitrogens with zero attached hydrogens (tertiary/aromatic N) is 1. The molecule has 0 aliphatic carbocycles. The van der Waals surface area contributed by atoms with Gasteiger partial charge in [-0.2, -0.15) is 5.26 Å². The molecule has 4 nitrogen and oxygen atoms in total. The Morgan fingerprint density at radius 2 is 2.00 bits per heavy atom. The van der Waals surface area contributed by atoms with Crippen LogP contribution in [0.2, 0.25) is 5.02 Å². The summed E-state index contributed by atoms with van der Waals surface area (Å²) in [7, 11) is 0. The van der Waals surface area contributed by atoms with E-state index in [1.165, 1.54) is 13.8 Å². The molecule has 0 aliphatic rings. The number of benzene rings is 1. The highest BCUT2D eigenvalue weighted by molar-refractivity contribution is 6.31. The fourth-order valence-corrected chi connectivity index (χ4v) is 1.86. The van der Waals surface area contributed by atoms with Gasteiger partial charge in [-0.3, -0.25) is 4.79 Å². The van der Waals surface area contributed by atoms with E-state index in [2.05, 4.69) is 5.32 Å². The van der Waals surface area contributed by atoms with E-state index in [0.717, 1.165) is 0 Å². The molecule has 0 spiro atoms. The molecule has 19 heavy (non-hydrogen) atoms. The summed E-state index contributed by atoms with van der Waals surface area (Å²) in [5, 5.41) is 22.2. The lowest BCUT2D eigenvalue weighted by atomic mass is 9.92. The Kier molecular flexibility index (Phi) is 4.56. The lowest BCUT2D eigenvalue weighted by Crippen LogP contribution is -2.43. The number of nitriles is 1. The van der Waals surface area contributed by atoms with E-state index in [-0.39, 0.29) is 6.54 Å². The summed E-state index contributed by atoms with van der Waals surface area (Å²) in [5.74, 6) is -0.428. The zero-order chi connectivity index (χ0) is 14.7. The van der Waals surface area contributed by atoms with Crippen LogP contribution in [0.5, 0.6) is 0 Å². The second-order valence-corrected chi connectivity index (χ2v) is 5.58.